The van der Waals surface area contributed by atoms with Crippen LogP contribution >= 0.6 is 11.6 Å². The van der Waals surface area contributed by atoms with Crippen molar-refractivity contribution in [2.75, 3.05) is 12.1 Å². The topological polar surface area (TPSA) is 55.0 Å². The van der Waals surface area contributed by atoms with Gasteiger partial charge in [0, 0.05) is 41.7 Å². The summed E-state index contributed by atoms with van der Waals surface area (Å²) >= 11 is 6.22. The van der Waals surface area contributed by atoms with Gasteiger partial charge in [0.25, 0.3) is 0 Å². The Morgan fingerprint density at radius 3 is 2.36 bits per heavy atom. The Kier molecular flexibility index (Phi) is 10.7. The Labute approximate surface area is 219 Å². The summed E-state index contributed by atoms with van der Waals surface area (Å²) in [5, 5.41) is 10.4. The zero-order valence-corrected chi connectivity index (χ0v) is 23.1. The van der Waals surface area contributed by atoms with Crippen LogP contribution in [-0.4, -0.2) is 28.4 Å². The monoisotopic (exact) mass is 505 g/mol. The molecule has 0 radical (unpaired) electrons. The number of fused-ring (bicyclic) bond motifs is 1. The van der Waals surface area contributed by atoms with Gasteiger partial charge in [-0.2, -0.15) is 10.2 Å². The molecule has 6 nitrogen and oxygen atoms in total. The number of methoxy groups -OCH3 is 1. The van der Waals surface area contributed by atoms with Crippen LogP contribution in [0.2, 0.25) is 0 Å². The third-order valence-electron chi connectivity index (χ3n) is 5.37. The third-order valence-corrected chi connectivity index (χ3v) is 5.66. The Morgan fingerprint density at radius 1 is 1.06 bits per heavy atom. The number of alkyl halides is 1. The maximum Gasteiger partial charge on any atom is 0.164 e. The lowest BCUT2D eigenvalue weighted by atomic mass is 10.0. The molecule has 0 aliphatic rings. The predicted molar refractivity (Wildman–Crippen MR) is 154 cm³/mol. The maximum absolute atomic E-state index is 6.22. The summed E-state index contributed by atoms with van der Waals surface area (Å²) in [7, 11) is 1.64. The summed E-state index contributed by atoms with van der Waals surface area (Å²) in [6, 6.07) is 15.9. The minimum absolute atomic E-state index is 0.415. The molecular weight excluding hydrogens is 470 g/mol. The molecule has 0 saturated heterocycles. The number of aromatic nitrogens is 3. The van der Waals surface area contributed by atoms with E-state index in [1.807, 2.05) is 88.5 Å². The van der Waals surface area contributed by atoms with Gasteiger partial charge in [-0.15, -0.1) is 11.6 Å². The molecule has 0 amide bonds. The van der Waals surface area contributed by atoms with Crippen molar-refractivity contribution in [1.82, 2.24) is 14.6 Å². The number of aryl methyl sites for hydroxylation is 2. The van der Waals surface area contributed by atoms with E-state index in [0.717, 1.165) is 50.7 Å². The quantitative estimate of drug-likeness (QED) is 0.145. The zero-order chi connectivity index (χ0) is 26.8. The van der Waals surface area contributed by atoms with Gasteiger partial charge in [-0.05, 0) is 37.6 Å². The molecule has 4 rings (SSSR count). The Bertz CT molecular complexity index is 1320. The molecule has 0 fully saturated rings. The Balaban J connectivity index is 0.00000109. The highest BCUT2D eigenvalue weighted by Crippen LogP contribution is 2.39. The van der Waals surface area contributed by atoms with Crippen molar-refractivity contribution in [2.24, 2.45) is 5.10 Å². The Hall–Kier alpha value is -3.64. The molecule has 2 aromatic heterocycles. The number of nitrogens with zero attached hydrogens (tertiary/aromatic N) is 5. The summed E-state index contributed by atoms with van der Waals surface area (Å²) in [4.78, 5) is 4.84. The van der Waals surface area contributed by atoms with E-state index in [1.54, 1.807) is 18.3 Å². The van der Waals surface area contributed by atoms with Crippen LogP contribution in [0.15, 0.2) is 66.4 Å². The van der Waals surface area contributed by atoms with Crippen LogP contribution in [0.1, 0.15) is 44.6 Å². The van der Waals surface area contributed by atoms with E-state index in [4.69, 9.17) is 26.4 Å². The average Bonchev–Trinajstić information content (AvgIpc) is 3.26. The van der Waals surface area contributed by atoms with E-state index >= 15 is 0 Å². The van der Waals surface area contributed by atoms with E-state index in [1.165, 1.54) is 0 Å². The second kappa shape index (κ2) is 13.4. The highest BCUT2D eigenvalue weighted by atomic mass is 35.5. The lowest BCUT2D eigenvalue weighted by molar-refractivity contribution is 0.416. The molecular formula is C29H36ClN5O. The van der Waals surface area contributed by atoms with Crippen molar-refractivity contribution in [1.29, 1.82) is 0 Å². The second-order valence-electron chi connectivity index (χ2n) is 7.32. The van der Waals surface area contributed by atoms with E-state index in [2.05, 4.69) is 24.5 Å². The molecule has 0 aliphatic carbocycles. The van der Waals surface area contributed by atoms with E-state index in [9.17, 15) is 0 Å². The highest BCUT2D eigenvalue weighted by Gasteiger charge is 2.21. The third kappa shape index (κ3) is 5.60. The highest BCUT2D eigenvalue weighted by molar-refractivity contribution is 6.17. The molecule has 7 heteroatoms. The van der Waals surface area contributed by atoms with Gasteiger partial charge >= 0.3 is 0 Å². The molecule has 0 N–H and O–H groups in total. The van der Waals surface area contributed by atoms with Gasteiger partial charge in [0.2, 0.25) is 0 Å². The van der Waals surface area contributed by atoms with Crippen LogP contribution in [0.5, 0.6) is 5.75 Å². The second-order valence-corrected chi connectivity index (χ2v) is 7.59. The van der Waals surface area contributed by atoms with E-state index in [0.29, 0.717) is 11.6 Å². The molecule has 0 saturated carbocycles. The molecule has 0 bridgehead atoms. The minimum Gasteiger partial charge on any atom is -0.496 e. The summed E-state index contributed by atoms with van der Waals surface area (Å²) < 4.78 is 7.62. The number of anilines is 1. The number of rotatable bonds is 7. The van der Waals surface area contributed by atoms with Gasteiger partial charge < -0.3 is 4.74 Å². The SMILES string of the molecule is C=CN(N=C)c1ccc(-c2c(C)nn3c(-c4ccccc4CCl)cc(C)nc23)c(OC)c1.CC.CC. The van der Waals surface area contributed by atoms with Crippen molar-refractivity contribution < 1.29 is 4.74 Å². The van der Waals surface area contributed by atoms with E-state index < -0.39 is 0 Å². The number of benzene rings is 2. The van der Waals surface area contributed by atoms with Gasteiger partial charge in [-0.1, -0.05) is 58.5 Å². The molecule has 0 unspecified atom stereocenters. The summed E-state index contributed by atoms with van der Waals surface area (Å²) in [5.74, 6) is 1.10. The molecule has 190 valence electrons. The smallest absolute Gasteiger partial charge is 0.164 e. The maximum atomic E-state index is 6.22. The number of halogens is 1. The number of hydrazone groups is 1. The molecule has 0 atom stereocenters. The first-order valence-electron chi connectivity index (χ1n) is 12.1. The first-order valence-corrected chi connectivity index (χ1v) is 12.6. The fourth-order valence-corrected chi connectivity index (χ4v) is 4.15. The molecule has 36 heavy (non-hydrogen) atoms. The van der Waals surface area contributed by atoms with Crippen LogP contribution in [0, 0.1) is 13.8 Å². The van der Waals surface area contributed by atoms with Crippen molar-refractivity contribution in [3.8, 4) is 28.1 Å². The van der Waals surface area contributed by atoms with Crippen LogP contribution in [-0.2, 0) is 5.88 Å². The van der Waals surface area contributed by atoms with Gasteiger partial charge in [-0.25, -0.2) is 14.5 Å². The molecule has 2 aromatic carbocycles. The minimum atomic E-state index is 0.415. The van der Waals surface area contributed by atoms with Crippen molar-refractivity contribution >= 4 is 29.7 Å². The summed E-state index contributed by atoms with van der Waals surface area (Å²) in [6.07, 6.45) is 1.59. The van der Waals surface area contributed by atoms with Gasteiger partial charge in [0.15, 0.2) is 5.65 Å². The van der Waals surface area contributed by atoms with Crippen LogP contribution in [0.3, 0.4) is 0 Å². The number of ether oxygens (including phenoxy) is 1. The average molecular weight is 506 g/mol. The molecule has 2 heterocycles. The van der Waals surface area contributed by atoms with Gasteiger partial charge in [0.05, 0.1) is 29.7 Å². The lowest BCUT2D eigenvalue weighted by Crippen LogP contribution is -2.05. The lowest BCUT2D eigenvalue weighted by Gasteiger charge is -2.16. The standard InChI is InChI=1S/C25H24ClN5O.2C2H6/c1-6-30(27-4)19-11-12-21(23(14-19)32-5)24-17(3)29-31-22(13-16(2)28-25(24)31)20-10-8-7-9-18(20)15-26;2*1-2/h6-14H,1,4,15H2,2-3,5H3;2*1-2H3. The van der Waals surface area contributed by atoms with Crippen LogP contribution in [0.4, 0.5) is 5.69 Å². The number of hydrogen-bond acceptors (Lipinski definition) is 5. The van der Waals surface area contributed by atoms with Gasteiger partial charge in [0.1, 0.15) is 5.75 Å². The molecule has 0 spiro atoms. The first kappa shape index (κ1) is 28.6. The fraction of sp³-hybridized carbons (Fsp3) is 0.276. The Morgan fingerprint density at radius 2 is 1.75 bits per heavy atom. The number of hydrogen-bond donors (Lipinski definition) is 0. The molecule has 4 aromatic rings. The van der Waals surface area contributed by atoms with E-state index in [-0.39, 0.29) is 0 Å². The summed E-state index contributed by atoms with van der Waals surface area (Å²) in [5.41, 5.74) is 8.13. The van der Waals surface area contributed by atoms with Crippen molar-refractivity contribution in [3.05, 3.63) is 78.3 Å². The van der Waals surface area contributed by atoms with Crippen LogP contribution in [0.25, 0.3) is 28.0 Å². The van der Waals surface area contributed by atoms with Crippen molar-refractivity contribution in [2.45, 2.75) is 47.4 Å². The van der Waals surface area contributed by atoms with Crippen molar-refractivity contribution in [3.63, 3.8) is 0 Å². The molecule has 0 aliphatic heterocycles. The van der Waals surface area contributed by atoms with Gasteiger partial charge in [-0.3, -0.25) is 0 Å². The summed E-state index contributed by atoms with van der Waals surface area (Å²) in [6.45, 7) is 19.3. The zero-order valence-electron chi connectivity index (χ0n) is 22.3. The largest absolute Gasteiger partial charge is 0.496 e. The fourth-order valence-electron chi connectivity index (χ4n) is 3.91. The first-order chi connectivity index (χ1) is 17.5. The normalized spacial score (nSPS) is 10.0. The predicted octanol–water partition coefficient (Wildman–Crippen LogP) is 8.05. The van der Waals surface area contributed by atoms with Crippen LogP contribution < -0.4 is 9.75 Å².